The highest BCUT2D eigenvalue weighted by Crippen LogP contribution is 2.23. The maximum atomic E-state index is 11.5. The Bertz CT molecular complexity index is 374. The summed E-state index contributed by atoms with van der Waals surface area (Å²) in [5.41, 5.74) is 3.39. The molecule has 1 amide bonds. The van der Waals surface area contributed by atoms with Crippen LogP contribution in [0.2, 0.25) is 0 Å². The molecule has 2 rings (SSSR count). The molecule has 2 N–H and O–H groups in total. The lowest BCUT2D eigenvalue weighted by Crippen LogP contribution is -2.43. The zero-order chi connectivity index (χ0) is 10.1. The molecule has 0 fully saturated rings. The van der Waals surface area contributed by atoms with Gasteiger partial charge in [-0.2, -0.15) is 0 Å². The second kappa shape index (κ2) is 3.42. The molecule has 1 aromatic rings. The monoisotopic (exact) mass is 190 g/mol. The van der Waals surface area contributed by atoms with Crippen molar-refractivity contribution >= 4 is 11.6 Å². The molecular formula is C11H14N2O. The van der Waals surface area contributed by atoms with E-state index < -0.39 is 0 Å². The number of fused-ring (bicyclic) bond motifs is 1. The first kappa shape index (κ1) is 9.21. The van der Waals surface area contributed by atoms with Crippen LogP contribution in [0.15, 0.2) is 18.2 Å². The number of carbonyl (C=O) groups excluding carboxylic acids is 1. The molecule has 1 aromatic carbocycles. The Balaban J connectivity index is 2.36. The van der Waals surface area contributed by atoms with E-state index in [-0.39, 0.29) is 11.9 Å². The van der Waals surface area contributed by atoms with E-state index in [0.29, 0.717) is 0 Å². The summed E-state index contributed by atoms with van der Waals surface area (Å²) in [7, 11) is 1.81. The van der Waals surface area contributed by atoms with Gasteiger partial charge >= 0.3 is 0 Å². The fraction of sp³-hybridized carbons (Fsp3) is 0.364. The summed E-state index contributed by atoms with van der Waals surface area (Å²) in [6, 6.07) is 6.01. The molecule has 74 valence electrons. The molecule has 0 saturated heterocycles. The molecule has 0 bridgehead atoms. The molecule has 0 aromatic heterocycles. The van der Waals surface area contributed by atoms with Gasteiger partial charge < -0.3 is 10.6 Å². The number of carbonyl (C=O) groups is 1. The molecule has 1 aliphatic heterocycles. The van der Waals surface area contributed by atoms with Crippen LogP contribution in [0, 0.1) is 6.92 Å². The fourth-order valence-corrected chi connectivity index (χ4v) is 1.78. The summed E-state index contributed by atoms with van der Waals surface area (Å²) in [5, 5.41) is 5.89. The van der Waals surface area contributed by atoms with Crippen molar-refractivity contribution in [3.8, 4) is 0 Å². The number of amides is 1. The van der Waals surface area contributed by atoms with Crippen LogP contribution in [0.3, 0.4) is 0 Å². The molecule has 0 spiro atoms. The van der Waals surface area contributed by atoms with Gasteiger partial charge in [0, 0.05) is 5.69 Å². The van der Waals surface area contributed by atoms with Crippen LogP contribution in [0.5, 0.6) is 0 Å². The standard InChI is InChI=1S/C11H14N2O/c1-7-3-4-9-8(5-7)6-10(12-2)11(14)13-9/h3-5,10,12H,6H2,1-2H3,(H,13,14). The van der Waals surface area contributed by atoms with Crippen molar-refractivity contribution < 1.29 is 4.79 Å². The van der Waals surface area contributed by atoms with Gasteiger partial charge in [-0.05, 0) is 32.0 Å². The fourth-order valence-electron chi connectivity index (χ4n) is 1.78. The predicted molar refractivity (Wildman–Crippen MR) is 56.4 cm³/mol. The summed E-state index contributed by atoms with van der Waals surface area (Å²) in [6.45, 7) is 2.06. The minimum atomic E-state index is -0.0932. The van der Waals surface area contributed by atoms with Crippen LogP contribution >= 0.6 is 0 Å². The lowest BCUT2D eigenvalue weighted by molar-refractivity contribution is -0.118. The zero-order valence-electron chi connectivity index (χ0n) is 8.42. The van der Waals surface area contributed by atoms with E-state index in [1.54, 1.807) is 0 Å². The van der Waals surface area contributed by atoms with E-state index in [1.807, 2.05) is 19.2 Å². The van der Waals surface area contributed by atoms with E-state index in [1.165, 1.54) is 11.1 Å². The van der Waals surface area contributed by atoms with Gasteiger partial charge in [-0.25, -0.2) is 0 Å². The van der Waals surface area contributed by atoms with Gasteiger partial charge in [0.15, 0.2) is 0 Å². The largest absolute Gasteiger partial charge is 0.324 e. The summed E-state index contributed by atoms with van der Waals surface area (Å²) in [6.07, 6.45) is 0.777. The average molecular weight is 190 g/mol. The van der Waals surface area contributed by atoms with Crippen molar-refractivity contribution in [2.24, 2.45) is 0 Å². The Kier molecular flexibility index (Phi) is 2.25. The second-order valence-corrected chi connectivity index (χ2v) is 3.70. The third-order valence-corrected chi connectivity index (χ3v) is 2.61. The first-order valence-electron chi connectivity index (χ1n) is 4.78. The van der Waals surface area contributed by atoms with E-state index >= 15 is 0 Å². The quantitative estimate of drug-likeness (QED) is 0.695. The summed E-state index contributed by atoms with van der Waals surface area (Å²) >= 11 is 0. The number of nitrogens with one attached hydrogen (secondary N) is 2. The predicted octanol–water partition coefficient (Wildman–Crippen LogP) is 1.08. The van der Waals surface area contributed by atoms with Crippen molar-refractivity contribution in [2.45, 2.75) is 19.4 Å². The van der Waals surface area contributed by atoms with Crippen LogP contribution < -0.4 is 10.6 Å². The Morgan fingerprint density at radius 3 is 3.00 bits per heavy atom. The molecule has 1 atom stereocenters. The summed E-state index contributed by atoms with van der Waals surface area (Å²) in [4.78, 5) is 11.5. The van der Waals surface area contributed by atoms with Gasteiger partial charge in [0.2, 0.25) is 5.91 Å². The molecule has 1 aliphatic rings. The highest BCUT2D eigenvalue weighted by atomic mass is 16.2. The minimum absolute atomic E-state index is 0.0591. The van der Waals surface area contributed by atoms with Gasteiger partial charge in [-0.1, -0.05) is 17.7 Å². The van der Waals surface area contributed by atoms with E-state index in [2.05, 4.69) is 23.6 Å². The minimum Gasteiger partial charge on any atom is -0.324 e. The van der Waals surface area contributed by atoms with Crippen molar-refractivity contribution in [1.29, 1.82) is 0 Å². The van der Waals surface area contributed by atoms with Crippen LogP contribution in [0.4, 0.5) is 5.69 Å². The lowest BCUT2D eigenvalue weighted by Gasteiger charge is -2.24. The molecule has 0 aliphatic carbocycles. The van der Waals surface area contributed by atoms with Crippen LogP contribution in [-0.2, 0) is 11.2 Å². The number of aryl methyl sites for hydroxylation is 1. The average Bonchev–Trinajstić information content (AvgIpc) is 2.17. The maximum Gasteiger partial charge on any atom is 0.241 e. The molecule has 0 radical (unpaired) electrons. The third kappa shape index (κ3) is 1.51. The number of benzene rings is 1. The van der Waals surface area contributed by atoms with Gasteiger partial charge in [0.05, 0.1) is 6.04 Å². The molecule has 1 heterocycles. The highest BCUT2D eigenvalue weighted by molar-refractivity contribution is 5.98. The Morgan fingerprint density at radius 1 is 1.50 bits per heavy atom. The van der Waals surface area contributed by atoms with Crippen molar-refractivity contribution in [3.05, 3.63) is 29.3 Å². The third-order valence-electron chi connectivity index (χ3n) is 2.61. The molecule has 1 unspecified atom stereocenters. The molecule has 3 heteroatoms. The molecule has 0 saturated carbocycles. The van der Waals surface area contributed by atoms with Crippen molar-refractivity contribution in [2.75, 3.05) is 12.4 Å². The number of likely N-dealkylation sites (N-methyl/N-ethyl adjacent to an activating group) is 1. The SMILES string of the molecule is CNC1Cc2cc(C)ccc2NC1=O. The normalized spacial score (nSPS) is 20.1. The smallest absolute Gasteiger partial charge is 0.241 e. The number of rotatable bonds is 1. The Labute approximate surface area is 83.5 Å². The summed E-state index contributed by atoms with van der Waals surface area (Å²) < 4.78 is 0. The topological polar surface area (TPSA) is 41.1 Å². The number of anilines is 1. The Hall–Kier alpha value is -1.35. The molecular weight excluding hydrogens is 176 g/mol. The zero-order valence-corrected chi connectivity index (χ0v) is 8.42. The van der Waals surface area contributed by atoms with Crippen LogP contribution in [-0.4, -0.2) is 19.0 Å². The van der Waals surface area contributed by atoms with Crippen molar-refractivity contribution in [1.82, 2.24) is 5.32 Å². The molecule has 3 nitrogen and oxygen atoms in total. The van der Waals surface area contributed by atoms with Gasteiger partial charge in [-0.15, -0.1) is 0 Å². The first-order valence-corrected chi connectivity index (χ1v) is 4.78. The second-order valence-electron chi connectivity index (χ2n) is 3.70. The van der Waals surface area contributed by atoms with Crippen LogP contribution in [0.25, 0.3) is 0 Å². The van der Waals surface area contributed by atoms with E-state index in [4.69, 9.17) is 0 Å². The van der Waals surface area contributed by atoms with Gasteiger partial charge in [0.25, 0.3) is 0 Å². The van der Waals surface area contributed by atoms with Crippen LogP contribution in [0.1, 0.15) is 11.1 Å². The van der Waals surface area contributed by atoms with E-state index in [9.17, 15) is 4.79 Å². The number of hydrogen-bond donors (Lipinski definition) is 2. The van der Waals surface area contributed by atoms with Gasteiger partial charge in [-0.3, -0.25) is 4.79 Å². The first-order chi connectivity index (χ1) is 6.70. The van der Waals surface area contributed by atoms with E-state index in [0.717, 1.165) is 12.1 Å². The Morgan fingerprint density at radius 2 is 2.29 bits per heavy atom. The lowest BCUT2D eigenvalue weighted by atomic mass is 9.97. The van der Waals surface area contributed by atoms with Gasteiger partial charge in [0.1, 0.15) is 0 Å². The van der Waals surface area contributed by atoms with Crippen molar-refractivity contribution in [3.63, 3.8) is 0 Å². The summed E-state index contributed by atoms with van der Waals surface area (Å²) in [5.74, 6) is 0.0591. The highest BCUT2D eigenvalue weighted by Gasteiger charge is 2.24. The number of hydrogen-bond acceptors (Lipinski definition) is 2. The maximum absolute atomic E-state index is 11.5. The molecule has 14 heavy (non-hydrogen) atoms.